The molecule has 3 heterocycles. The fourth-order valence-corrected chi connectivity index (χ4v) is 3.38. The number of nitrogens with zero attached hydrogens (tertiary/aromatic N) is 1. The van der Waals surface area contributed by atoms with Gasteiger partial charge in [0.1, 0.15) is 23.1 Å². The van der Waals surface area contributed by atoms with Gasteiger partial charge in [-0.1, -0.05) is 0 Å². The molecule has 0 bridgehead atoms. The van der Waals surface area contributed by atoms with Crippen LogP contribution >= 0.6 is 11.3 Å². The molecule has 0 radical (unpaired) electrons. The van der Waals surface area contributed by atoms with E-state index < -0.39 is 0 Å². The third kappa shape index (κ3) is 3.85. The van der Waals surface area contributed by atoms with E-state index in [0.29, 0.717) is 36.1 Å². The maximum Gasteiger partial charge on any atom is 0.270 e. The third-order valence-corrected chi connectivity index (χ3v) is 4.83. The van der Waals surface area contributed by atoms with Crippen molar-refractivity contribution in [1.29, 1.82) is 0 Å². The summed E-state index contributed by atoms with van der Waals surface area (Å²) in [4.78, 5) is 16.5. The SMILES string of the molecule is O=C(NCC1CCCO1)c1csc(COc2ccc3c(c2)OCO3)n1. The number of carbonyl (C=O) groups is 1. The van der Waals surface area contributed by atoms with E-state index in [2.05, 4.69) is 10.3 Å². The first-order valence-electron chi connectivity index (χ1n) is 8.14. The number of benzene rings is 1. The van der Waals surface area contributed by atoms with Gasteiger partial charge in [0.05, 0.1) is 6.10 Å². The zero-order valence-corrected chi connectivity index (χ0v) is 14.3. The third-order valence-electron chi connectivity index (χ3n) is 4.01. The van der Waals surface area contributed by atoms with Gasteiger partial charge in [-0.15, -0.1) is 11.3 Å². The monoisotopic (exact) mass is 362 g/mol. The van der Waals surface area contributed by atoms with Crippen molar-refractivity contribution in [3.63, 3.8) is 0 Å². The Labute approximate surface area is 148 Å². The van der Waals surface area contributed by atoms with Gasteiger partial charge < -0.3 is 24.3 Å². The molecule has 2 aliphatic heterocycles. The van der Waals surface area contributed by atoms with Crippen molar-refractivity contribution in [2.75, 3.05) is 19.9 Å². The minimum atomic E-state index is -0.180. The normalized spacial score (nSPS) is 18.3. The first-order valence-corrected chi connectivity index (χ1v) is 9.02. The van der Waals surface area contributed by atoms with E-state index in [4.69, 9.17) is 18.9 Å². The van der Waals surface area contributed by atoms with E-state index in [1.807, 2.05) is 12.1 Å². The zero-order chi connectivity index (χ0) is 17.1. The average molecular weight is 362 g/mol. The fraction of sp³-hybridized carbons (Fsp3) is 0.412. The molecule has 4 rings (SSSR count). The van der Waals surface area contributed by atoms with Crippen LogP contribution in [0.15, 0.2) is 23.6 Å². The van der Waals surface area contributed by atoms with Crippen LogP contribution in [0.2, 0.25) is 0 Å². The summed E-state index contributed by atoms with van der Waals surface area (Å²) in [5, 5.41) is 5.34. The van der Waals surface area contributed by atoms with Crippen LogP contribution in [-0.4, -0.2) is 36.9 Å². The number of thiazole rings is 1. The summed E-state index contributed by atoms with van der Waals surface area (Å²) >= 11 is 1.40. The molecule has 0 aliphatic carbocycles. The first kappa shape index (κ1) is 16.2. The van der Waals surface area contributed by atoms with E-state index in [9.17, 15) is 4.79 Å². The molecule has 1 amide bonds. The highest BCUT2D eigenvalue weighted by molar-refractivity contribution is 7.09. The molecular weight excluding hydrogens is 344 g/mol. The minimum absolute atomic E-state index is 0.122. The van der Waals surface area contributed by atoms with Crippen LogP contribution in [0, 0.1) is 0 Å². The quantitative estimate of drug-likeness (QED) is 0.850. The average Bonchev–Trinajstić information content (AvgIpc) is 3.39. The van der Waals surface area contributed by atoms with Crippen molar-refractivity contribution in [3.8, 4) is 17.2 Å². The number of fused-ring (bicyclic) bond motifs is 1. The minimum Gasteiger partial charge on any atom is -0.486 e. The molecule has 7 nitrogen and oxygen atoms in total. The molecule has 1 aromatic carbocycles. The number of hydrogen-bond acceptors (Lipinski definition) is 7. The molecule has 1 saturated heterocycles. The lowest BCUT2D eigenvalue weighted by Crippen LogP contribution is -2.31. The van der Waals surface area contributed by atoms with E-state index >= 15 is 0 Å². The van der Waals surface area contributed by atoms with Gasteiger partial charge in [-0.05, 0) is 25.0 Å². The van der Waals surface area contributed by atoms with Crippen LogP contribution in [-0.2, 0) is 11.3 Å². The summed E-state index contributed by atoms with van der Waals surface area (Å²) in [7, 11) is 0. The number of hydrogen-bond donors (Lipinski definition) is 1. The number of ether oxygens (including phenoxy) is 4. The standard InChI is InChI=1S/C17H18N2O5S/c20-17(18-7-12-2-1-5-21-12)13-9-25-16(19-13)8-22-11-3-4-14-15(6-11)24-10-23-14/h3-4,6,9,12H,1-2,5,7-8,10H2,(H,18,20). The molecule has 1 unspecified atom stereocenters. The number of carbonyl (C=O) groups excluding carboxylic acids is 1. The van der Waals surface area contributed by atoms with Gasteiger partial charge in [0.2, 0.25) is 6.79 Å². The number of rotatable bonds is 6. The molecule has 8 heteroatoms. The Morgan fingerprint density at radius 2 is 2.28 bits per heavy atom. The van der Waals surface area contributed by atoms with Crippen LogP contribution in [0.4, 0.5) is 0 Å². The highest BCUT2D eigenvalue weighted by atomic mass is 32.1. The fourth-order valence-electron chi connectivity index (χ4n) is 2.70. The molecular formula is C17H18N2O5S. The Bertz CT molecular complexity index is 757. The largest absolute Gasteiger partial charge is 0.486 e. The molecule has 1 atom stereocenters. The summed E-state index contributed by atoms with van der Waals surface area (Å²) in [6.07, 6.45) is 2.17. The molecule has 1 fully saturated rings. The van der Waals surface area contributed by atoms with Crippen LogP contribution in [0.25, 0.3) is 0 Å². The summed E-state index contributed by atoms with van der Waals surface area (Å²) in [6.45, 7) is 1.83. The Morgan fingerprint density at radius 1 is 1.36 bits per heavy atom. The van der Waals surface area contributed by atoms with Crippen molar-refractivity contribution in [1.82, 2.24) is 10.3 Å². The second-order valence-corrected chi connectivity index (χ2v) is 6.72. The van der Waals surface area contributed by atoms with Gasteiger partial charge >= 0.3 is 0 Å². The van der Waals surface area contributed by atoms with Gasteiger partial charge in [-0.2, -0.15) is 0 Å². The second kappa shape index (κ2) is 7.28. The van der Waals surface area contributed by atoms with Gasteiger partial charge in [0.25, 0.3) is 5.91 Å². The lowest BCUT2D eigenvalue weighted by Gasteiger charge is -2.09. The predicted molar refractivity (Wildman–Crippen MR) is 90.3 cm³/mol. The molecule has 132 valence electrons. The molecule has 2 aliphatic rings. The molecule has 0 spiro atoms. The smallest absolute Gasteiger partial charge is 0.270 e. The van der Waals surface area contributed by atoms with Crippen molar-refractivity contribution in [3.05, 3.63) is 34.3 Å². The molecule has 0 saturated carbocycles. The lowest BCUT2D eigenvalue weighted by atomic mass is 10.2. The van der Waals surface area contributed by atoms with Crippen LogP contribution < -0.4 is 19.5 Å². The van der Waals surface area contributed by atoms with Crippen molar-refractivity contribution >= 4 is 17.2 Å². The molecule has 25 heavy (non-hydrogen) atoms. The van der Waals surface area contributed by atoms with Gasteiger partial charge in [0.15, 0.2) is 11.5 Å². The molecule has 2 aromatic rings. The summed E-state index contributed by atoms with van der Waals surface area (Å²) in [5.41, 5.74) is 0.410. The van der Waals surface area contributed by atoms with Crippen molar-refractivity contribution in [2.45, 2.75) is 25.6 Å². The Balaban J connectivity index is 1.29. The zero-order valence-electron chi connectivity index (χ0n) is 13.5. The van der Waals surface area contributed by atoms with E-state index in [0.717, 1.165) is 24.5 Å². The topological polar surface area (TPSA) is 78.9 Å². The Hall–Kier alpha value is -2.32. The van der Waals surface area contributed by atoms with E-state index in [1.165, 1.54) is 11.3 Å². The summed E-state index contributed by atoms with van der Waals surface area (Å²) in [6, 6.07) is 5.41. The van der Waals surface area contributed by atoms with Gasteiger partial charge in [-0.3, -0.25) is 4.79 Å². The van der Waals surface area contributed by atoms with Crippen LogP contribution in [0.1, 0.15) is 28.3 Å². The maximum absolute atomic E-state index is 12.1. The van der Waals surface area contributed by atoms with Crippen LogP contribution in [0.5, 0.6) is 17.2 Å². The lowest BCUT2D eigenvalue weighted by molar-refractivity contribution is 0.0854. The second-order valence-electron chi connectivity index (χ2n) is 5.78. The van der Waals surface area contributed by atoms with Gasteiger partial charge in [-0.25, -0.2) is 4.98 Å². The number of nitrogens with one attached hydrogen (secondary N) is 1. The maximum atomic E-state index is 12.1. The van der Waals surface area contributed by atoms with Crippen molar-refractivity contribution < 1.29 is 23.7 Å². The van der Waals surface area contributed by atoms with E-state index in [1.54, 1.807) is 11.4 Å². The summed E-state index contributed by atoms with van der Waals surface area (Å²) in [5.74, 6) is 1.88. The Morgan fingerprint density at radius 3 is 3.16 bits per heavy atom. The highest BCUT2D eigenvalue weighted by Gasteiger charge is 2.18. The highest BCUT2D eigenvalue weighted by Crippen LogP contribution is 2.35. The molecule has 1 aromatic heterocycles. The first-order chi connectivity index (χ1) is 12.3. The van der Waals surface area contributed by atoms with Crippen molar-refractivity contribution in [2.24, 2.45) is 0 Å². The van der Waals surface area contributed by atoms with Crippen LogP contribution in [0.3, 0.4) is 0 Å². The van der Waals surface area contributed by atoms with E-state index in [-0.39, 0.29) is 18.8 Å². The Kier molecular flexibility index (Phi) is 4.71. The number of amides is 1. The number of aromatic nitrogens is 1. The molecule has 1 N–H and O–H groups in total. The summed E-state index contributed by atoms with van der Waals surface area (Å²) < 4.78 is 21.8. The predicted octanol–water partition coefficient (Wildman–Crippen LogP) is 2.36. The van der Waals surface area contributed by atoms with Gasteiger partial charge in [0, 0.05) is 24.6 Å².